The molecule has 1 aromatic carbocycles. The van der Waals surface area contributed by atoms with E-state index < -0.39 is 11.7 Å². The van der Waals surface area contributed by atoms with Crippen molar-refractivity contribution in [1.82, 2.24) is 30.4 Å². The Morgan fingerprint density at radius 3 is 2.82 bits per heavy atom. The molecule has 14 heteroatoms. The van der Waals surface area contributed by atoms with Gasteiger partial charge in [0.1, 0.15) is 0 Å². The van der Waals surface area contributed by atoms with Gasteiger partial charge >= 0.3 is 6.18 Å². The van der Waals surface area contributed by atoms with Crippen molar-refractivity contribution >= 4 is 45.9 Å². The van der Waals surface area contributed by atoms with Crippen LogP contribution < -0.4 is 5.32 Å². The number of hydrogen-bond acceptors (Lipinski definition) is 9. The zero-order chi connectivity index (χ0) is 20.1. The molecular weight excluding hydrogens is 435 g/mol. The summed E-state index contributed by atoms with van der Waals surface area (Å²) in [4.78, 5) is 12.1. The Morgan fingerprint density at radius 1 is 1.25 bits per heavy atom. The maximum Gasteiger partial charge on any atom is 0.416 e. The van der Waals surface area contributed by atoms with Gasteiger partial charge in [-0.2, -0.15) is 17.9 Å². The fourth-order valence-electron chi connectivity index (χ4n) is 1.97. The summed E-state index contributed by atoms with van der Waals surface area (Å²) in [7, 11) is 0. The molecule has 3 aromatic rings. The molecular formula is C14H12F3N7OS3. The minimum atomic E-state index is -4.48. The molecule has 28 heavy (non-hydrogen) atoms. The number of thioether (sulfide) groups is 2. The molecule has 0 bridgehead atoms. The quantitative estimate of drug-likeness (QED) is 0.435. The molecule has 0 radical (unpaired) electrons. The van der Waals surface area contributed by atoms with E-state index in [2.05, 4.69) is 31.0 Å². The highest BCUT2D eigenvalue weighted by atomic mass is 32.2. The second-order valence-electron chi connectivity index (χ2n) is 5.06. The average Bonchev–Trinajstić information content (AvgIpc) is 3.29. The maximum absolute atomic E-state index is 12.9. The predicted molar refractivity (Wildman–Crippen MR) is 99.8 cm³/mol. The van der Waals surface area contributed by atoms with Gasteiger partial charge in [-0.15, -0.1) is 15.3 Å². The molecule has 0 spiro atoms. The minimum Gasteiger partial charge on any atom is -0.300 e. The van der Waals surface area contributed by atoms with Crippen molar-refractivity contribution in [3.05, 3.63) is 29.8 Å². The van der Waals surface area contributed by atoms with E-state index in [-0.39, 0.29) is 22.5 Å². The van der Waals surface area contributed by atoms with E-state index >= 15 is 0 Å². The van der Waals surface area contributed by atoms with Gasteiger partial charge in [-0.25, -0.2) is 0 Å². The van der Waals surface area contributed by atoms with Gasteiger partial charge < -0.3 is 0 Å². The Balaban J connectivity index is 1.65. The minimum absolute atomic E-state index is 0.0465. The van der Waals surface area contributed by atoms with Crippen molar-refractivity contribution in [2.75, 3.05) is 16.8 Å². The molecule has 2 heterocycles. The first-order chi connectivity index (χ1) is 13.4. The van der Waals surface area contributed by atoms with E-state index in [1.54, 1.807) is 0 Å². The summed E-state index contributed by atoms with van der Waals surface area (Å²) < 4.78 is 40.6. The first kappa shape index (κ1) is 20.5. The number of anilines is 1. The van der Waals surface area contributed by atoms with Crippen LogP contribution in [0.3, 0.4) is 0 Å². The van der Waals surface area contributed by atoms with Crippen LogP contribution in [0.4, 0.5) is 18.3 Å². The van der Waals surface area contributed by atoms with Crippen molar-refractivity contribution in [3.8, 4) is 5.69 Å². The second-order valence-corrected chi connectivity index (χ2v) is 8.50. The zero-order valence-electron chi connectivity index (χ0n) is 14.2. The Hall–Kier alpha value is -2.19. The average molecular weight is 447 g/mol. The molecule has 0 unspecified atom stereocenters. The number of hydrogen-bond donors (Lipinski definition) is 1. The van der Waals surface area contributed by atoms with Crippen LogP contribution in [0.2, 0.25) is 0 Å². The van der Waals surface area contributed by atoms with E-state index in [1.807, 2.05) is 6.92 Å². The molecule has 2 aromatic heterocycles. The Kier molecular flexibility index (Phi) is 6.51. The number of amides is 1. The molecule has 1 N–H and O–H groups in total. The van der Waals surface area contributed by atoms with E-state index in [1.165, 1.54) is 35.2 Å². The summed E-state index contributed by atoms with van der Waals surface area (Å²) in [5.41, 5.74) is -0.667. The number of halogens is 3. The number of nitrogens with zero attached hydrogens (tertiary/aromatic N) is 6. The predicted octanol–water partition coefficient (Wildman–Crippen LogP) is 3.38. The number of carbonyl (C=O) groups excluding carboxylic acids is 1. The number of carbonyl (C=O) groups is 1. The van der Waals surface area contributed by atoms with Crippen LogP contribution in [0.1, 0.15) is 12.5 Å². The van der Waals surface area contributed by atoms with Gasteiger partial charge in [0.2, 0.25) is 16.2 Å². The van der Waals surface area contributed by atoms with Crippen LogP contribution in [-0.4, -0.2) is 47.8 Å². The monoisotopic (exact) mass is 447 g/mol. The smallest absolute Gasteiger partial charge is 0.300 e. The van der Waals surface area contributed by atoms with Gasteiger partial charge in [-0.3, -0.25) is 10.1 Å². The van der Waals surface area contributed by atoms with Crippen molar-refractivity contribution in [3.63, 3.8) is 0 Å². The molecule has 0 aliphatic carbocycles. The molecule has 0 fully saturated rings. The molecule has 3 rings (SSSR count). The Bertz CT molecular complexity index is 960. The molecule has 1 amide bonds. The van der Waals surface area contributed by atoms with Crippen molar-refractivity contribution < 1.29 is 18.0 Å². The first-order valence-electron chi connectivity index (χ1n) is 7.71. The summed E-state index contributed by atoms with van der Waals surface area (Å²) >= 11 is 3.77. The molecule has 0 atom stereocenters. The number of rotatable bonds is 7. The highest BCUT2D eigenvalue weighted by Crippen LogP contribution is 2.31. The number of nitrogens with one attached hydrogen (secondary N) is 1. The van der Waals surface area contributed by atoms with Crippen LogP contribution in [0.25, 0.3) is 5.69 Å². The van der Waals surface area contributed by atoms with Crippen LogP contribution >= 0.6 is 34.9 Å². The van der Waals surface area contributed by atoms with Crippen LogP contribution in [-0.2, 0) is 11.0 Å². The Labute approximate surface area is 169 Å². The molecule has 0 aliphatic rings. The van der Waals surface area contributed by atoms with Gasteiger partial charge in [-0.1, -0.05) is 47.9 Å². The van der Waals surface area contributed by atoms with Crippen LogP contribution in [0.5, 0.6) is 0 Å². The lowest BCUT2D eigenvalue weighted by Gasteiger charge is -2.09. The van der Waals surface area contributed by atoms with Crippen molar-refractivity contribution in [2.45, 2.75) is 22.6 Å². The van der Waals surface area contributed by atoms with Crippen molar-refractivity contribution in [2.24, 2.45) is 0 Å². The molecule has 148 valence electrons. The third-order valence-electron chi connectivity index (χ3n) is 3.11. The van der Waals surface area contributed by atoms with E-state index in [0.29, 0.717) is 5.13 Å². The fourth-order valence-corrected chi connectivity index (χ4v) is 4.33. The van der Waals surface area contributed by atoms with Gasteiger partial charge in [-0.05, 0) is 34.4 Å². The van der Waals surface area contributed by atoms with Crippen LogP contribution in [0.15, 0.2) is 33.8 Å². The SMILES string of the molecule is CCSc1nnc(NC(=O)CSc2nnnn2-c2cccc(C(F)(F)F)c2)s1. The number of alkyl halides is 3. The van der Waals surface area contributed by atoms with Gasteiger partial charge in [0.05, 0.1) is 17.0 Å². The summed E-state index contributed by atoms with van der Waals surface area (Å²) in [6, 6.07) is 4.61. The van der Waals surface area contributed by atoms with Crippen molar-refractivity contribution in [1.29, 1.82) is 0 Å². The first-order valence-corrected chi connectivity index (χ1v) is 10.5. The van der Waals surface area contributed by atoms with E-state index in [0.717, 1.165) is 38.7 Å². The zero-order valence-corrected chi connectivity index (χ0v) is 16.6. The number of tetrazole rings is 1. The van der Waals surface area contributed by atoms with Gasteiger partial charge in [0.25, 0.3) is 0 Å². The third kappa shape index (κ3) is 5.20. The van der Waals surface area contributed by atoms with E-state index in [4.69, 9.17) is 0 Å². The summed E-state index contributed by atoms with van der Waals surface area (Å²) in [6.07, 6.45) is -4.48. The fraction of sp³-hybridized carbons (Fsp3) is 0.286. The largest absolute Gasteiger partial charge is 0.416 e. The lowest BCUT2D eigenvalue weighted by Crippen LogP contribution is -2.14. The summed E-state index contributed by atoms with van der Waals surface area (Å²) in [6.45, 7) is 1.98. The standard InChI is InChI=1S/C14H12F3N7OS3/c1-2-26-13-21-19-11(28-13)18-10(25)7-27-12-20-22-23-24(12)9-5-3-4-8(6-9)14(15,16)17/h3-6H,2,7H2,1H3,(H,18,19,25). The molecule has 0 saturated heterocycles. The second kappa shape index (κ2) is 8.87. The summed E-state index contributed by atoms with van der Waals surface area (Å²) in [5, 5.41) is 21.9. The number of aromatic nitrogens is 6. The van der Waals surface area contributed by atoms with Gasteiger partial charge in [0, 0.05) is 0 Å². The van der Waals surface area contributed by atoms with Crippen LogP contribution in [0, 0.1) is 0 Å². The molecule has 0 saturated carbocycles. The Morgan fingerprint density at radius 2 is 2.07 bits per heavy atom. The highest BCUT2D eigenvalue weighted by Gasteiger charge is 2.30. The van der Waals surface area contributed by atoms with Gasteiger partial charge in [0.15, 0.2) is 4.34 Å². The maximum atomic E-state index is 12.9. The molecule has 8 nitrogen and oxygen atoms in total. The van der Waals surface area contributed by atoms with E-state index in [9.17, 15) is 18.0 Å². The lowest BCUT2D eigenvalue weighted by atomic mass is 10.2. The summed E-state index contributed by atoms with van der Waals surface area (Å²) in [5.74, 6) is 0.444. The third-order valence-corrected chi connectivity index (χ3v) is 5.89. The normalized spacial score (nSPS) is 11.6. The lowest BCUT2D eigenvalue weighted by molar-refractivity contribution is -0.137. The topological polar surface area (TPSA) is 98.5 Å². The highest BCUT2D eigenvalue weighted by molar-refractivity contribution is 8.01. The number of benzene rings is 1. The molecule has 0 aliphatic heterocycles.